The van der Waals surface area contributed by atoms with Crippen molar-refractivity contribution in [2.75, 3.05) is 0 Å². The molecule has 0 saturated heterocycles. The second kappa shape index (κ2) is 6.12. The molecule has 18 heavy (non-hydrogen) atoms. The third kappa shape index (κ3) is 3.65. The molecule has 2 rings (SSSR count). The number of hydrogen-bond acceptors (Lipinski definition) is 1. The van der Waals surface area contributed by atoms with Crippen molar-refractivity contribution in [3.8, 4) is 0 Å². The standard InChI is InChI=1S/C15H15BrFN/c1-11(13-3-2-4-15(17)9-13)18-10-12-5-7-14(16)8-6-12/h2-9,11,18H,10H2,1H3/t11-/m0/s1. The normalized spacial score (nSPS) is 12.4. The molecular formula is C15H15BrFN. The van der Waals surface area contributed by atoms with E-state index >= 15 is 0 Å². The Morgan fingerprint density at radius 1 is 1.17 bits per heavy atom. The van der Waals surface area contributed by atoms with Crippen molar-refractivity contribution in [1.82, 2.24) is 5.32 Å². The fourth-order valence-electron chi connectivity index (χ4n) is 1.77. The SMILES string of the molecule is C[C@H](NCc1ccc(Br)cc1)c1cccc(F)c1. The molecule has 1 N–H and O–H groups in total. The van der Waals surface area contributed by atoms with Crippen molar-refractivity contribution >= 4 is 15.9 Å². The number of rotatable bonds is 4. The molecule has 0 spiro atoms. The van der Waals surface area contributed by atoms with Gasteiger partial charge in [0.2, 0.25) is 0 Å². The Balaban J connectivity index is 1.96. The molecular weight excluding hydrogens is 293 g/mol. The van der Waals surface area contributed by atoms with Gasteiger partial charge in [-0.2, -0.15) is 0 Å². The van der Waals surface area contributed by atoms with Gasteiger partial charge in [-0.05, 0) is 42.3 Å². The molecule has 94 valence electrons. The zero-order chi connectivity index (χ0) is 13.0. The van der Waals surface area contributed by atoms with Gasteiger partial charge >= 0.3 is 0 Å². The van der Waals surface area contributed by atoms with E-state index in [1.165, 1.54) is 11.6 Å². The van der Waals surface area contributed by atoms with Gasteiger partial charge < -0.3 is 5.32 Å². The Labute approximate surface area is 115 Å². The molecule has 0 unspecified atom stereocenters. The van der Waals surface area contributed by atoms with Gasteiger partial charge in [0.05, 0.1) is 0 Å². The first kappa shape index (κ1) is 13.2. The largest absolute Gasteiger partial charge is 0.306 e. The number of halogens is 2. The molecule has 0 fully saturated rings. The van der Waals surface area contributed by atoms with Gasteiger partial charge in [0.15, 0.2) is 0 Å². The van der Waals surface area contributed by atoms with Crippen LogP contribution < -0.4 is 5.32 Å². The van der Waals surface area contributed by atoms with Crippen LogP contribution in [0.1, 0.15) is 24.1 Å². The summed E-state index contributed by atoms with van der Waals surface area (Å²) < 4.78 is 14.2. The summed E-state index contributed by atoms with van der Waals surface area (Å²) in [6.45, 7) is 2.80. The van der Waals surface area contributed by atoms with E-state index in [-0.39, 0.29) is 11.9 Å². The minimum Gasteiger partial charge on any atom is -0.306 e. The first-order chi connectivity index (χ1) is 8.65. The molecule has 1 atom stereocenters. The lowest BCUT2D eigenvalue weighted by Gasteiger charge is -2.14. The predicted molar refractivity (Wildman–Crippen MR) is 75.8 cm³/mol. The van der Waals surface area contributed by atoms with Crippen molar-refractivity contribution in [2.45, 2.75) is 19.5 Å². The Hall–Kier alpha value is -1.19. The maximum Gasteiger partial charge on any atom is 0.123 e. The molecule has 0 aliphatic rings. The van der Waals surface area contributed by atoms with E-state index in [1.807, 2.05) is 25.1 Å². The Morgan fingerprint density at radius 2 is 1.89 bits per heavy atom. The lowest BCUT2D eigenvalue weighted by Crippen LogP contribution is -2.18. The summed E-state index contributed by atoms with van der Waals surface area (Å²) in [5.74, 6) is -0.190. The summed E-state index contributed by atoms with van der Waals surface area (Å²) >= 11 is 3.41. The van der Waals surface area contributed by atoms with Gasteiger partial charge in [-0.3, -0.25) is 0 Å². The van der Waals surface area contributed by atoms with Gasteiger partial charge in [0, 0.05) is 17.1 Å². The van der Waals surface area contributed by atoms with Crippen LogP contribution in [0.15, 0.2) is 53.0 Å². The van der Waals surface area contributed by atoms with Crippen molar-refractivity contribution in [1.29, 1.82) is 0 Å². The highest BCUT2D eigenvalue weighted by molar-refractivity contribution is 9.10. The van der Waals surface area contributed by atoms with E-state index in [2.05, 4.69) is 33.4 Å². The quantitative estimate of drug-likeness (QED) is 0.880. The van der Waals surface area contributed by atoms with E-state index in [0.29, 0.717) is 0 Å². The number of nitrogens with one attached hydrogen (secondary N) is 1. The van der Waals surface area contributed by atoms with Crippen LogP contribution in [-0.4, -0.2) is 0 Å². The molecule has 2 aromatic carbocycles. The van der Waals surface area contributed by atoms with Gasteiger partial charge in [-0.15, -0.1) is 0 Å². The molecule has 0 bridgehead atoms. The fourth-order valence-corrected chi connectivity index (χ4v) is 2.03. The highest BCUT2D eigenvalue weighted by Crippen LogP contribution is 2.15. The first-order valence-electron chi connectivity index (χ1n) is 5.88. The average Bonchev–Trinajstić information content (AvgIpc) is 2.38. The van der Waals surface area contributed by atoms with E-state index in [1.54, 1.807) is 12.1 Å². The van der Waals surface area contributed by atoms with E-state index in [0.717, 1.165) is 16.6 Å². The summed E-state index contributed by atoms with van der Waals surface area (Å²) in [4.78, 5) is 0. The lowest BCUT2D eigenvalue weighted by molar-refractivity contribution is 0.565. The van der Waals surface area contributed by atoms with Gasteiger partial charge in [0.25, 0.3) is 0 Å². The number of benzene rings is 2. The lowest BCUT2D eigenvalue weighted by atomic mass is 10.1. The summed E-state index contributed by atoms with van der Waals surface area (Å²) in [5.41, 5.74) is 2.17. The van der Waals surface area contributed by atoms with Gasteiger partial charge in [0.1, 0.15) is 5.82 Å². The topological polar surface area (TPSA) is 12.0 Å². The maximum absolute atomic E-state index is 13.1. The molecule has 0 aromatic heterocycles. The Kier molecular flexibility index (Phi) is 4.50. The molecule has 0 aliphatic heterocycles. The maximum atomic E-state index is 13.1. The third-order valence-electron chi connectivity index (χ3n) is 2.87. The smallest absolute Gasteiger partial charge is 0.123 e. The fraction of sp³-hybridized carbons (Fsp3) is 0.200. The second-order valence-corrected chi connectivity index (χ2v) is 5.20. The van der Waals surface area contributed by atoms with Crippen molar-refractivity contribution < 1.29 is 4.39 Å². The first-order valence-corrected chi connectivity index (χ1v) is 6.68. The van der Waals surface area contributed by atoms with E-state index < -0.39 is 0 Å². The molecule has 3 heteroatoms. The van der Waals surface area contributed by atoms with Crippen LogP contribution in [0.25, 0.3) is 0 Å². The van der Waals surface area contributed by atoms with Crippen LogP contribution in [0.5, 0.6) is 0 Å². The minimum absolute atomic E-state index is 0.129. The van der Waals surface area contributed by atoms with Crippen molar-refractivity contribution in [3.63, 3.8) is 0 Å². The molecule has 1 nitrogen and oxygen atoms in total. The summed E-state index contributed by atoms with van der Waals surface area (Å²) in [6.07, 6.45) is 0. The zero-order valence-electron chi connectivity index (χ0n) is 10.2. The second-order valence-electron chi connectivity index (χ2n) is 4.28. The molecule has 2 aromatic rings. The Bertz CT molecular complexity index is 510. The Morgan fingerprint density at radius 3 is 2.56 bits per heavy atom. The predicted octanol–water partition coefficient (Wildman–Crippen LogP) is 4.44. The highest BCUT2D eigenvalue weighted by Gasteiger charge is 2.05. The number of hydrogen-bond donors (Lipinski definition) is 1. The van der Waals surface area contributed by atoms with Gasteiger partial charge in [-0.1, -0.05) is 40.2 Å². The third-order valence-corrected chi connectivity index (χ3v) is 3.40. The van der Waals surface area contributed by atoms with E-state index in [9.17, 15) is 4.39 Å². The summed E-state index contributed by atoms with van der Waals surface area (Å²) in [6, 6.07) is 15.0. The van der Waals surface area contributed by atoms with Gasteiger partial charge in [-0.25, -0.2) is 4.39 Å². The van der Waals surface area contributed by atoms with Crippen molar-refractivity contribution in [2.24, 2.45) is 0 Å². The van der Waals surface area contributed by atoms with Crippen LogP contribution in [-0.2, 0) is 6.54 Å². The molecule has 0 radical (unpaired) electrons. The monoisotopic (exact) mass is 307 g/mol. The van der Waals surface area contributed by atoms with Crippen LogP contribution in [0, 0.1) is 5.82 Å². The average molecular weight is 308 g/mol. The zero-order valence-corrected chi connectivity index (χ0v) is 11.7. The summed E-state index contributed by atoms with van der Waals surface area (Å²) in [7, 11) is 0. The molecule has 0 heterocycles. The van der Waals surface area contributed by atoms with Crippen LogP contribution >= 0.6 is 15.9 Å². The minimum atomic E-state index is -0.190. The van der Waals surface area contributed by atoms with E-state index in [4.69, 9.17) is 0 Å². The van der Waals surface area contributed by atoms with Crippen molar-refractivity contribution in [3.05, 3.63) is 69.9 Å². The van der Waals surface area contributed by atoms with Crippen LogP contribution in [0.4, 0.5) is 4.39 Å². The highest BCUT2D eigenvalue weighted by atomic mass is 79.9. The molecule has 0 aliphatic carbocycles. The molecule has 0 saturated carbocycles. The molecule has 0 amide bonds. The summed E-state index contributed by atoms with van der Waals surface area (Å²) in [5, 5.41) is 3.38. The van der Waals surface area contributed by atoms with Crippen LogP contribution in [0.3, 0.4) is 0 Å². The van der Waals surface area contributed by atoms with Crippen LogP contribution in [0.2, 0.25) is 0 Å².